The van der Waals surface area contributed by atoms with Crippen LogP contribution in [0.5, 0.6) is 5.75 Å². The van der Waals surface area contributed by atoms with E-state index >= 15 is 0 Å². The first-order chi connectivity index (χ1) is 11.7. The number of nitrogens with one attached hydrogen (secondary N) is 3. The molecule has 132 valence electrons. The van der Waals surface area contributed by atoms with E-state index in [9.17, 15) is 4.79 Å². The summed E-state index contributed by atoms with van der Waals surface area (Å²) in [5, 5.41) is 9.52. The van der Waals surface area contributed by atoms with Crippen molar-refractivity contribution in [3.05, 3.63) is 30.3 Å². The molecule has 1 amide bonds. The van der Waals surface area contributed by atoms with Crippen LogP contribution in [0.3, 0.4) is 0 Å². The first-order valence-corrected chi connectivity index (χ1v) is 8.74. The molecule has 0 aromatic heterocycles. The van der Waals surface area contributed by atoms with Gasteiger partial charge >= 0.3 is 0 Å². The van der Waals surface area contributed by atoms with Crippen molar-refractivity contribution in [3.63, 3.8) is 0 Å². The van der Waals surface area contributed by atoms with Crippen LogP contribution in [0.15, 0.2) is 35.3 Å². The molecular weight excluding hydrogens is 304 g/mol. The number of amides is 1. The molecule has 2 unspecified atom stereocenters. The lowest BCUT2D eigenvalue weighted by atomic mass is 10.1. The summed E-state index contributed by atoms with van der Waals surface area (Å²) in [7, 11) is 0. The Balaban J connectivity index is 1.89. The lowest BCUT2D eigenvalue weighted by molar-refractivity contribution is -0.122. The molecule has 1 fully saturated rings. The van der Waals surface area contributed by atoms with E-state index in [4.69, 9.17) is 4.74 Å². The van der Waals surface area contributed by atoms with E-state index in [2.05, 4.69) is 27.9 Å². The normalized spacial score (nSPS) is 19.3. The Hall–Kier alpha value is -2.24. The van der Waals surface area contributed by atoms with Crippen molar-refractivity contribution in [1.82, 2.24) is 16.0 Å². The molecule has 0 saturated carbocycles. The van der Waals surface area contributed by atoms with Gasteiger partial charge in [-0.25, -0.2) is 4.99 Å². The molecule has 1 heterocycles. The van der Waals surface area contributed by atoms with E-state index < -0.39 is 0 Å². The summed E-state index contributed by atoms with van der Waals surface area (Å²) in [6.07, 6.45) is 2.31. The van der Waals surface area contributed by atoms with E-state index in [0.29, 0.717) is 19.5 Å². The summed E-state index contributed by atoms with van der Waals surface area (Å²) >= 11 is 0. The van der Waals surface area contributed by atoms with Gasteiger partial charge in [0.15, 0.2) is 5.96 Å². The third kappa shape index (κ3) is 6.10. The predicted octanol–water partition coefficient (Wildman–Crippen LogP) is 1.68. The van der Waals surface area contributed by atoms with Gasteiger partial charge < -0.3 is 20.7 Å². The third-order valence-corrected chi connectivity index (χ3v) is 3.90. The molecule has 6 nitrogen and oxygen atoms in total. The average molecular weight is 332 g/mol. The van der Waals surface area contributed by atoms with Crippen molar-refractivity contribution in [1.29, 1.82) is 0 Å². The summed E-state index contributed by atoms with van der Waals surface area (Å²) in [5.41, 5.74) is 0. The largest absolute Gasteiger partial charge is 0.489 e. The van der Waals surface area contributed by atoms with Crippen LogP contribution in [-0.4, -0.2) is 43.6 Å². The fourth-order valence-electron chi connectivity index (χ4n) is 2.50. The van der Waals surface area contributed by atoms with E-state index in [1.54, 1.807) is 0 Å². The van der Waals surface area contributed by atoms with Gasteiger partial charge in [-0.1, -0.05) is 25.1 Å². The zero-order valence-corrected chi connectivity index (χ0v) is 14.5. The van der Waals surface area contributed by atoms with Crippen LogP contribution >= 0.6 is 0 Å². The van der Waals surface area contributed by atoms with Gasteiger partial charge in [0.25, 0.3) is 0 Å². The summed E-state index contributed by atoms with van der Waals surface area (Å²) < 4.78 is 5.98. The lowest BCUT2D eigenvalue weighted by Crippen LogP contribution is -2.51. The molecule has 2 atom stereocenters. The highest BCUT2D eigenvalue weighted by atomic mass is 16.5. The number of rotatable bonds is 7. The van der Waals surface area contributed by atoms with E-state index in [1.807, 2.05) is 37.3 Å². The maximum Gasteiger partial charge on any atom is 0.220 e. The Morgan fingerprint density at radius 2 is 2.17 bits per heavy atom. The molecule has 1 saturated heterocycles. The molecule has 1 aliphatic rings. The number of hydrogen-bond donors (Lipinski definition) is 3. The lowest BCUT2D eigenvalue weighted by Gasteiger charge is -2.25. The molecule has 2 rings (SSSR count). The van der Waals surface area contributed by atoms with Gasteiger partial charge in [0.2, 0.25) is 5.91 Å². The van der Waals surface area contributed by atoms with Gasteiger partial charge in [0.05, 0.1) is 6.54 Å². The standard InChI is InChI=1S/C18H28N4O2/c1-3-15(24-16-8-6-5-7-9-16)13-21-18(19-4-2)22-14-10-11-17(23)20-12-14/h5-9,14-15H,3-4,10-13H2,1-2H3,(H,20,23)(H2,19,21,22). The first-order valence-electron chi connectivity index (χ1n) is 8.74. The summed E-state index contributed by atoms with van der Waals surface area (Å²) in [6, 6.07) is 10.0. The summed E-state index contributed by atoms with van der Waals surface area (Å²) in [5.74, 6) is 1.76. The smallest absolute Gasteiger partial charge is 0.220 e. The fraction of sp³-hybridized carbons (Fsp3) is 0.556. The molecule has 0 radical (unpaired) electrons. The second-order valence-electron chi connectivity index (χ2n) is 5.86. The Bertz CT molecular complexity index is 523. The predicted molar refractivity (Wildman–Crippen MR) is 96.3 cm³/mol. The number of carbonyl (C=O) groups is 1. The molecule has 6 heteroatoms. The van der Waals surface area contributed by atoms with Crippen molar-refractivity contribution in [3.8, 4) is 5.75 Å². The molecule has 0 aliphatic carbocycles. The van der Waals surface area contributed by atoms with Crippen LogP contribution in [0.4, 0.5) is 0 Å². The van der Waals surface area contributed by atoms with Crippen molar-refractivity contribution in [2.45, 2.75) is 45.3 Å². The zero-order chi connectivity index (χ0) is 17.2. The quantitative estimate of drug-likeness (QED) is 0.525. The van der Waals surface area contributed by atoms with Gasteiger partial charge in [-0.3, -0.25) is 4.79 Å². The first kappa shape index (κ1) is 18.1. The Kier molecular flexibility index (Phi) is 7.39. The van der Waals surface area contributed by atoms with Gasteiger partial charge in [-0.2, -0.15) is 0 Å². The minimum absolute atomic E-state index is 0.0360. The van der Waals surface area contributed by atoms with Crippen LogP contribution in [0.1, 0.15) is 33.1 Å². The highest BCUT2D eigenvalue weighted by Crippen LogP contribution is 2.12. The number of nitrogens with zero attached hydrogens (tertiary/aromatic N) is 1. The molecule has 3 N–H and O–H groups in total. The van der Waals surface area contributed by atoms with E-state index in [1.165, 1.54) is 0 Å². The number of benzene rings is 1. The van der Waals surface area contributed by atoms with Crippen molar-refractivity contribution >= 4 is 11.9 Å². The number of hydrogen-bond acceptors (Lipinski definition) is 3. The van der Waals surface area contributed by atoms with E-state index in [-0.39, 0.29) is 18.1 Å². The van der Waals surface area contributed by atoms with Crippen molar-refractivity contribution < 1.29 is 9.53 Å². The highest BCUT2D eigenvalue weighted by molar-refractivity contribution is 5.81. The molecular formula is C18H28N4O2. The van der Waals surface area contributed by atoms with Gasteiger partial charge in [-0.15, -0.1) is 0 Å². The maximum absolute atomic E-state index is 11.2. The molecule has 1 aliphatic heterocycles. The number of aliphatic imine (C=N–C) groups is 1. The average Bonchev–Trinajstić information content (AvgIpc) is 2.61. The summed E-state index contributed by atoms with van der Waals surface area (Å²) in [4.78, 5) is 15.9. The summed E-state index contributed by atoms with van der Waals surface area (Å²) in [6.45, 7) is 6.15. The van der Waals surface area contributed by atoms with Crippen LogP contribution in [0.2, 0.25) is 0 Å². The topological polar surface area (TPSA) is 74.8 Å². The molecule has 1 aromatic rings. The number of ether oxygens (including phenoxy) is 1. The Labute approximate surface area is 144 Å². The second-order valence-corrected chi connectivity index (χ2v) is 5.86. The van der Waals surface area contributed by atoms with Crippen molar-refractivity contribution in [2.24, 2.45) is 4.99 Å². The highest BCUT2D eigenvalue weighted by Gasteiger charge is 2.18. The van der Waals surface area contributed by atoms with Crippen molar-refractivity contribution in [2.75, 3.05) is 19.6 Å². The van der Waals surface area contributed by atoms with Gasteiger partial charge in [0, 0.05) is 25.6 Å². The molecule has 1 aromatic carbocycles. The number of carbonyl (C=O) groups excluding carboxylic acids is 1. The third-order valence-electron chi connectivity index (χ3n) is 3.90. The molecule has 24 heavy (non-hydrogen) atoms. The Morgan fingerprint density at radius 1 is 1.38 bits per heavy atom. The minimum Gasteiger partial charge on any atom is -0.489 e. The SMILES string of the molecule is CCNC(=NCC(CC)Oc1ccccc1)NC1CCC(=O)NC1. The van der Waals surface area contributed by atoms with Crippen LogP contribution in [0, 0.1) is 0 Å². The number of para-hydroxylation sites is 1. The number of piperidine rings is 1. The zero-order valence-electron chi connectivity index (χ0n) is 14.5. The molecule has 0 bridgehead atoms. The van der Waals surface area contributed by atoms with Crippen LogP contribution in [0.25, 0.3) is 0 Å². The Morgan fingerprint density at radius 3 is 2.79 bits per heavy atom. The van der Waals surface area contributed by atoms with Gasteiger partial charge in [-0.05, 0) is 31.9 Å². The maximum atomic E-state index is 11.2. The van der Waals surface area contributed by atoms with Crippen LogP contribution in [-0.2, 0) is 4.79 Å². The molecule has 0 spiro atoms. The van der Waals surface area contributed by atoms with Crippen LogP contribution < -0.4 is 20.7 Å². The van der Waals surface area contributed by atoms with Gasteiger partial charge in [0.1, 0.15) is 11.9 Å². The van der Waals surface area contributed by atoms with E-state index in [0.717, 1.165) is 31.1 Å². The monoisotopic (exact) mass is 332 g/mol. The number of guanidine groups is 1. The fourth-order valence-corrected chi connectivity index (χ4v) is 2.50. The minimum atomic E-state index is 0.0360. The second kappa shape index (κ2) is 9.80.